The molecule has 13 nitrogen and oxygen atoms in total. The van der Waals surface area contributed by atoms with Gasteiger partial charge in [-0.25, -0.2) is 4.98 Å². The minimum absolute atomic E-state index is 0.0105. The second-order valence-electron chi connectivity index (χ2n) is 16.0. The number of piperazine rings is 1. The molecule has 1 unspecified atom stereocenters. The summed E-state index contributed by atoms with van der Waals surface area (Å²) in [6, 6.07) is 8.40. The van der Waals surface area contributed by atoms with E-state index in [0.717, 1.165) is 55.9 Å². The van der Waals surface area contributed by atoms with Crippen LogP contribution in [-0.4, -0.2) is 111 Å². The van der Waals surface area contributed by atoms with Gasteiger partial charge in [-0.15, -0.1) is 0 Å². The topological polar surface area (TPSA) is 151 Å². The number of carbonyl (C=O) groups excluding carboxylic acids is 4. The van der Waals surface area contributed by atoms with Crippen LogP contribution in [0.5, 0.6) is 0 Å². The molecule has 17 heteroatoms. The molecule has 2 aromatic rings. The summed E-state index contributed by atoms with van der Waals surface area (Å²) in [5.74, 6) is -1.32. The standard InChI is InChI=1S/C40H49F3N8O5S/c1-24-21-48(22-25(2)49(24)23-35(53)46-33-18-26(14-15-45-33)31-12-13-34(52)47-36(31)54)16-5-17-56-30-10-8-28(9-11-30)51-38(57)50(37(55)39(51,3)4)29-7-6-27(20-44)32(19-29)40(41,42)43/h6-7,14-15,18-19,24-25,28,30-31H,5,8-13,16-17,21-23H2,1-4H3,(H,45,46,53)(H,47,52,54)/t24-,25+,28?,30?,31?. The molecular weight excluding hydrogens is 762 g/mol. The monoisotopic (exact) mass is 810 g/mol. The molecule has 4 heterocycles. The summed E-state index contributed by atoms with van der Waals surface area (Å²) in [4.78, 5) is 62.4. The zero-order valence-electron chi connectivity index (χ0n) is 32.6. The fourth-order valence-corrected chi connectivity index (χ4v) is 9.28. The van der Waals surface area contributed by atoms with Crippen molar-refractivity contribution < 1.29 is 37.1 Å². The summed E-state index contributed by atoms with van der Waals surface area (Å²) in [5, 5.41) is 14.6. The lowest BCUT2D eigenvalue weighted by molar-refractivity contribution is -0.138. The summed E-state index contributed by atoms with van der Waals surface area (Å²) < 4.78 is 47.5. The molecule has 3 saturated heterocycles. The normalized spacial score (nSPS) is 26.0. The molecule has 6 rings (SSSR count). The number of ether oxygens (including phenoxy) is 1. The predicted octanol–water partition coefficient (Wildman–Crippen LogP) is 4.96. The first-order valence-electron chi connectivity index (χ1n) is 19.5. The minimum Gasteiger partial charge on any atom is -0.378 e. The number of nitrogens with one attached hydrogen (secondary N) is 2. The van der Waals surface area contributed by atoms with E-state index in [1.165, 1.54) is 6.07 Å². The van der Waals surface area contributed by atoms with Crippen molar-refractivity contribution in [2.75, 3.05) is 43.0 Å². The average Bonchev–Trinajstić information content (AvgIpc) is 3.33. The third-order valence-corrected chi connectivity index (χ3v) is 12.0. The zero-order chi connectivity index (χ0) is 41.2. The lowest BCUT2D eigenvalue weighted by Gasteiger charge is -2.44. The smallest absolute Gasteiger partial charge is 0.378 e. The zero-order valence-corrected chi connectivity index (χ0v) is 33.4. The first-order chi connectivity index (χ1) is 27.0. The van der Waals surface area contributed by atoms with Crippen LogP contribution < -0.4 is 15.5 Å². The van der Waals surface area contributed by atoms with E-state index in [4.69, 9.17) is 17.0 Å². The Balaban J connectivity index is 0.929. The first-order valence-corrected chi connectivity index (χ1v) is 19.9. The predicted molar refractivity (Wildman–Crippen MR) is 209 cm³/mol. The van der Waals surface area contributed by atoms with Crippen LogP contribution in [0.15, 0.2) is 36.5 Å². The van der Waals surface area contributed by atoms with Crippen molar-refractivity contribution in [2.45, 2.75) is 115 Å². The van der Waals surface area contributed by atoms with Crippen LogP contribution in [0.2, 0.25) is 0 Å². The molecule has 1 aliphatic carbocycles. The third-order valence-electron chi connectivity index (χ3n) is 11.6. The molecule has 57 heavy (non-hydrogen) atoms. The molecule has 4 amide bonds. The number of rotatable bonds is 11. The number of amides is 4. The molecule has 0 spiro atoms. The van der Waals surface area contributed by atoms with E-state index in [2.05, 4.69) is 39.3 Å². The van der Waals surface area contributed by atoms with Crippen LogP contribution in [0.4, 0.5) is 24.7 Å². The fraction of sp³-hybridized carbons (Fsp3) is 0.575. The van der Waals surface area contributed by atoms with Gasteiger partial charge in [0, 0.05) is 57.0 Å². The van der Waals surface area contributed by atoms with Gasteiger partial charge in [-0.3, -0.25) is 34.3 Å². The Kier molecular flexibility index (Phi) is 12.7. The SMILES string of the molecule is C[C@@H]1CN(CCCOC2CCC(N3C(=S)N(c4ccc(C#N)c(C(F)(F)F)c4)C(=O)C3(C)C)CC2)C[C@H](C)N1CC(=O)Nc1cc(C2CCC(=O)NC2=O)ccn1. The Morgan fingerprint density at radius 3 is 2.42 bits per heavy atom. The van der Waals surface area contributed by atoms with Crippen LogP contribution in [-0.2, 0) is 30.1 Å². The Morgan fingerprint density at radius 1 is 1.07 bits per heavy atom. The van der Waals surface area contributed by atoms with E-state index in [1.54, 1.807) is 38.2 Å². The van der Waals surface area contributed by atoms with Gasteiger partial charge in [-0.1, -0.05) is 0 Å². The molecule has 1 saturated carbocycles. The first kappa shape index (κ1) is 42.1. The highest BCUT2D eigenvalue weighted by molar-refractivity contribution is 7.80. The number of hydrogen-bond donors (Lipinski definition) is 2. The van der Waals surface area contributed by atoms with Crippen molar-refractivity contribution in [2.24, 2.45) is 0 Å². The lowest BCUT2D eigenvalue weighted by Crippen LogP contribution is -2.58. The summed E-state index contributed by atoms with van der Waals surface area (Å²) in [6.45, 7) is 10.9. The van der Waals surface area contributed by atoms with Gasteiger partial charge < -0.3 is 19.9 Å². The van der Waals surface area contributed by atoms with Crippen LogP contribution >= 0.6 is 12.2 Å². The number of imide groups is 1. The Morgan fingerprint density at radius 2 is 1.77 bits per heavy atom. The number of thiocarbonyl (C=S) groups is 1. The average molecular weight is 811 g/mol. The van der Waals surface area contributed by atoms with Gasteiger partial charge in [-0.05, 0) is 114 Å². The quantitative estimate of drug-likeness (QED) is 0.180. The number of alkyl halides is 3. The molecule has 4 fully saturated rings. The van der Waals surface area contributed by atoms with E-state index in [1.807, 2.05) is 4.90 Å². The molecule has 3 atom stereocenters. The molecule has 0 radical (unpaired) electrons. The number of carbonyl (C=O) groups is 4. The van der Waals surface area contributed by atoms with Crippen molar-refractivity contribution in [3.63, 3.8) is 0 Å². The van der Waals surface area contributed by atoms with Gasteiger partial charge in [0.05, 0.1) is 41.5 Å². The summed E-state index contributed by atoms with van der Waals surface area (Å²) >= 11 is 5.73. The summed E-state index contributed by atoms with van der Waals surface area (Å²) in [7, 11) is 0. The van der Waals surface area contributed by atoms with Crippen LogP contribution in [0.3, 0.4) is 0 Å². The second-order valence-corrected chi connectivity index (χ2v) is 16.4. The molecule has 306 valence electrons. The van der Waals surface area contributed by atoms with Gasteiger partial charge in [0.25, 0.3) is 5.91 Å². The lowest BCUT2D eigenvalue weighted by atomic mass is 9.89. The van der Waals surface area contributed by atoms with Crippen LogP contribution in [0.1, 0.15) is 95.2 Å². The van der Waals surface area contributed by atoms with Gasteiger partial charge in [0.15, 0.2) is 5.11 Å². The molecule has 3 aliphatic heterocycles. The molecule has 1 aromatic carbocycles. The largest absolute Gasteiger partial charge is 0.417 e. The Bertz CT molecular complexity index is 1920. The second kappa shape index (κ2) is 17.2. The number of pyridine rings is 1. The van der Waals surface area contributed by atoms with Crippen molar-refractivity contribution in [1.82, 2.24) is 25.0 Å². The third kappa shape index (κ3) is 9.30. The highest BCUT2D eigenvalue weighted by Gasteiger charge is 2.52. The molecule has 2 N–H and O–H groups in total. The van der Waals surface area contributed by atoms with Gasteiger partial charge in [0.1, 0.15) is 11.4 Å². The minimum atomic E-state index is -4.76. The molecule has 4 aliphatic rings. The van der Waals surface area contributed by atoms with E-state index >= 15 is 0 Å². The van der Waals surface area contributed by atoms with Crippen LogP contribution in [0.25, 0.3) is 0 Å². The summed E-state index contributed by atoms with van der Waals surface area (Å²) in [5.41, 5.74) is -1.99. The van der Waals surface area contributed by atoms with Crippen molar-refractivity contribution in [3.8, 4) is 6.07 Å². The fourth-order valence-electron chi connectivity index (χ4n) is 8.71. The number of benzene rings is 1. The molecule has 0 bridgehead atoms. The Hall–Kier alpha value is -4.50. The number of halogens is 3. The Labute approximate surface area is 335 Å². The summed E-state index contributed by atoms with van der Waals surface area (Å²) in [6.07, 6.45) is 1.30. The van der Waals surface area contributed by atoms with E-state index in [9.17, 15) is 37.6 Å². The maximum atomic E-state index is 13.7. The number of nitrogens with zero attached hydrogens (tertiary/aromatic N) is 6. The molecule has 1 aromatic heterocycles. The highest BCUT2D eigenvalue weighted by atomic mass is 32.1. The van der Waals surface area contributed by atoms with E-state index in [-0.39, 0.29) is 65.7 Å². The van der Waals surface area contributed by atoms with E-state index in [0.29, 0.717) is 37.3 Å². The maximum Gasteiger partial charge on any atom is 0.417 e. The highest BCUT2D eigenvalue weighted by Crippen LogP contribution is 2.41. The van der Waals surface area contributed by atoms with Crippen molar-refractivity contribution in [1.29, 1.82) is 5.26 Å². The number of aromatic nitrogens is 1. The number of hydrogen-bond acceptors (Lipinski definition) is 10. The number of piperidine rings is 1. The molecular formula is C40H49F3N8O5S. The van der Waals surface area contributed by atoms with Crippen molar-refractivity contribution in [3.05, 3.63) is 53.2 Å². The number of nitriles is 1. The van der Waals surface area contributed by atoms with E-state index < -0.39 is 34.7 Å². The van der Waals surface area contributed by atoms with Gasteiger partial charge >= 0.3 is 6.18 Å². The van der Waals surface area contributed by atoms with Crippen LogP contribution in [0, 0.1) is 11.3 Å². The van der Waals surface area contributed by atoms with Gasteiger partial charge in [-0.2, -0.15) is 18.4 Å². The van der Waals surface area contributed by atoms with Crippen molar-refractivity contribution >= 4 is 52.5 Å². The number of anilines is 2. The van der Waals surface area contributed by atoms with Gasteiger partial charge in [0.2, 0.25) is 17.7 Å². The maximum absolute atomic E-state index is 13.7.